The Kier molecular flexibility index (Phi) is 4.55. The minimum atomic E-state index is -0.774. The maximum atomic E-state index is 12.4. The van der Waals surface area contributed by atoms with Crippen molar-refractivity contribution in [3.63, 3.8) is 0 Å². The van der Waals surface area contributed by atoms with Gasteiger partial charge in [0, 0.05) is 25.7 Å². The normalized spacial score (nSPS) is 15.9. The third-order valence-corrected chi connectivity index (χ3v) is 3.56. The fraction of sp³-hybridized carbons (Fsp3) is 0.500. The van der Waals surface area contributed by atoms with E-state index in [9.17, 15) is 9.59 Å². The van der Waals surface area contributed by atoms with E-state index < -0.39 is 5.97 Å². The van der Waals surface area contributed by atoms with Crippen LogP contribution in [0.15, 0.2) is 18.3 Å². The van der Waals surface area contributed by atoms with Crippen LogP contribution in [0.25, 0.3) is 0 Å². The molecule has 1 saturated heterocycles. The molecule has 0 aromatic carbocycles. The highest BCUT2D eigenvalue weighted by Crippen LogP contribution is 2.23. The van der Waals surface area contributed by atoms with Crippen molar-refractivity contribution in [2.24, 2.45) is 5.92 Å². The lowest BCUT2D eigenvalue weighted by Crippen LogP contribution is -2.39. The van der Waals surface area contributed by atoms with Gasteiger partial charge in [0.1, 0.15) is 5.56 Å². The molecule has 108 valence electrons. The number of carboxylic acid groups (broad SMARTS) is 1. The van der Waals surface area contributed by atoms with E-state index in [1.807, 2.05) is 0 Å². The predicted octanol–water partition coefficient (Wildman–Crippen LogP) is 1.42. The molecular weight excluding hydrogens is 260 g/mol. The van der Waals surface area contributed by atoms with Gasteiger partial charge in [-0.05, 0) is 30.9 Å². The van der Waals surface area contributed by atoms with Crippen LogP contribution in [0.3, 0.4) is 0 Å². The maximum absolute atomic E-state index is 12.4. The van der Waals surface area contributed by atoms with Crippen molar-refractivity contribution in [3.05, 3.63) is 23.9 Å². The van der Waals surface area contributed by atoms with E-state index in [2.05, 4.69) is 4.98 Å². The number of likely N-dealkylation sites (tertiary alicyclic amines) is 1. The topological polar surface area (TPSA) is 79.7 Å². The summed E-state index contributed by atoms with van der Waals surface area (Å²) in [6, 6.07) is 3.39. The number of carboxylic acids is 1. The van der Waals surface area contributed by atoms with Gasteiger partial charge in [-0.2, -0.15) is 0 Å². The average molecular weight is 278 g/mol. The van der Waals surface area contributed by atoms with E-state index in [0.29, 0.717) is 24.5 Å². The lowest BCUT2D eigenvalue weighted by molar-refractivity contribution is -0.138. The Balaban J connectivity index is 2.00. The van der Waals surface area contributed by atoms with Gasteiger partial charge in [0.05, 0.1) is 7.11 Å². The van der Waals surface area contributed by atoms with Gasteiger partial charge in [0.2, 0.25) is 5.88 Å². The quantitative estimate of drug-likeness (QED) is 0.901. The molecule has 1 aromatic rings. The molecule has 1 aliphatic heterocycles. The van der Waals surface area contributed by atoms with Crippen LogP contribution in [0.1, 0.15) is 29.6 Å². The van der Waals surface area contributed by atoms with E-state index in [0.717, 1.165) is 12.8 Å². The van der Waals surface area contributed by atoms with Crippen molar-refractivity contribution in [2.75, 3.05) is 20.2 Å². The van der Waals surface area contributed by atoms with Crippen LogP contribution in [0.4, 0.5) is 0 Å². The summed E-state index contributed by atoms with van der Waals surface area (Å²) in [6.07, 6.45) is 3.20. The zero-order valence-electron chi connectivity index (χ0n) is 11.4. The zero-order valence-corrected chi connectivity index (χ0v) is 11.4. The number of methoxy groups -OCH3 is 1. The maximum Gasteiger partial charge on any atom is 0.303 e. The van der Waals surface area contributed by atoms with Crippen molar-refractivity contribution in [1.82, 2.24) is 9.88 Å². The summed E-state index contributed by atoms with van der Waals surface area (Å²) < 4.78 is 5.09. The van der Waals surface area contributed by atoms with Crippen LogP contribution in [0.5, 0.6) is 5.88 Å². The Hall–Kier alpha value is -2.11. The molecule has 1 fully saturated rings. The van der Waals surface area contributed by atoms with Crippen LogP contribution in [-0.2, 0) is 4.79 Å². The van der Waals surface area contributed by atoms with Crippen molar-refractivity contribution in [1.29, 1.82) is 0 Å². The molecule has 0 spiro atoms. The lowest BCUT2D eigenvalue weighted by atomic mass is 9.93. The molecule has 20 heavy (non-hydrogen) atoms. The first-order chi connectivity index (χ1) is 9.61. The molecule has 6 heteroatoms. The van der Waals surface area contributed by atoms with Crippen LogP contribution in [0.2, 0.25) is 0 Å². The summed E-state index contributed by atoms with van der Waals surface area (Å²) in [7, 11) is 1.48. The Morgan fingerprint density at radius 2 is 2.15 bits per heavy atom. The van der Waals surface area contributed by atoms with Crippen molar-refractivity contribution < 1.29 is 19.4 Å². The summed E-state index contributed by atoms with van der Waals surface area (Å²) in [5.41, 5.74) is 0.451. The second-order valence-electron chi connectivity index (χ2n) is 4.89. The number of nitrogens with zero attached hydrogens (tertiary/aromatic N) is 2. The number of carbonyl (C=O) groups excluding carboxylic acids is 1. The van der Waals surface area contributed by atoms with Gasteiger partial charge in [0.15, 0.2) is 0 Å². The van der Waals surface area contributed by atoms with E-state index in [1.54, 1.807) is 23.2 Å². The number of carbonyl (C=O) groups is 2. The number of aromatic nitrogens is 1. The number of hydrogen-bond acceptors (Lipinski definition) is 4. The van der Waals surface area contributed by atoms with Crippen LogP contribution in [-0.4, -0.2) is 47.1 Å². The second kappa shape index (κ2) is 6.36. The minimum absolute atomic E-state index is 0.108. The highest BCUT2D eigenvalue weighted by molar-refractivity contribution is 5.96. The smallest absolute Gasteiger partial charge is 0.303 e. The molecule has 2 rings (SSSR count). The fourth-order valence-electron chi connectivity index (χ4n) is 2.47. The van der Waals surface area contributed by atoms with Gasteiger partial charge in [0.25, 0.3) is 5.91 Å². The Morgan fingerprint density at radius 3 is 2.75 bits per heavy atom. The first kappa shape index (κ1) is 14.3. The van der Waals surface area contributed by atoms with Gasteiger partial charge in [-0.1, -0.05) is 0 Å². The number of aliphatic carboxylic acids is 1. The summed E-state index contributed by atoms with van der Waals surface area (Å²) in [5.74, 6) is -0.398. The third-order valence-electron chi connectivity index (χ3n) is 3.56. The Labute approximate surface area is 117 Å². The van der Waals surface area contributed by atoms with E-state index in [-0.39, 0.29) is 18.2 Å². The molecule has 0 unspecified atom stereocenters. The number of piperidine rings is 1. The molecule has 0 bridgehead atoms. The molecule has 0 atom stereocenters. The highest BCUT2D eigenvalue weighted by atomic mass is 16.5. The predicted molar refractivity (Wildman–Crippen MR) is 71.7 cm³/mol. The molecule has 2 heterocycles. The van der Waals surface area contributed by atoms with Gasteiger partial charge in [-0.15, -0.1) is 0 Å². The summed E-state index contributed by atoms with van der Waals surface area (Å²) in [4.78, 5) is 28.8. The average Bonchev–Trinajstić information content (AvgIpc) is 2.46. The molecule has 6 nitrogen and oxygen atoms in total. The first-order valence-corrected chi connectivity index (χ1v) is 6.62. The summed E-state index contributed by atoms with van der Waals surface area (Å²) in [5, 5.41) is 8.78. The van der Waals surface area contributed by atoms with Crippen molar-refractivity contribution >= 4 is 11.9 Å². The Bertz CT molecular complexity index is 496. The Morgan fingerprint density at radius 1 is 1.45 bits per heavy atom. The standard InChI is InChI=1S/C14H18N2O4/c1-20-13-11(3-2-6-15-13)14(19)16-7-4-10(5-8-16)9-12(17)18/h2-3,6,10H,4-5,7-9H2,1H3,(H,17,18). The first-order valence-electron chi connectivity index (χ1n) is 6.62. The lowest BCUT2D eigenvalue weighted by Gasteiger charge is -2.31. The largest absolute Gasteiger partial charge is 0.481 e. The van der Waals surface area contributed by atoms with E-state index in [4.69, 9.17) is 9.84 Å². The molecule has 1 aromatic heterocycles. The third kappa shape index (κ3) is 3.26. The summed E-state index contributed by atoms with van der Waals surface area (Å²) >= 11 is 0. The minimum Gasteiger partial charge on any atom is -0.481 e. The fourth-order valence-corrected chi connectivity index (χ4v) is 2.47. The molecular formula is C14H18N2O4. The number of amides is 1. The zero-order chi connectivity index (χ0) is 14.5. The number of pyridine rings is 1. The molecule has 0 radical (unpaired) electrons. The monoisotopic (exact) mass is 278 g/mol. The molecule has 1 aliphatic rings. The van der Waals surface area contributed by atoms with Gasteiger partial charge in [-0.3, -0.25) is 9.59 Å². The van der Waals surface area contributed by atoms with Gasteiger partial charge < -0.3 is 14.7 Å². The van der Waals surface area contributed by atoms with Gasteiger partial charge in [-0.25, -0.2) is 4.98 Å². The highest BCUT2D eigenvalue weighted by Gasteiger charge is 2.26. The SMILES string of the molecule is COc1ncccc1C(=O)N1CCC(CC(=O)O)CC1. The molecule has 1 N–H and O–H groups in total. The molecule has 0 saturated carbocycles. The number of hydrogen-bond donors (Lipinski definition) is 1. The molecule has 0 aliphatic carbocycles. The molecule has 1 amide bonds. The van der Waals surface area contributed by atoms with Crippen LogP contribution < -0.4 is 4.74 Å². The van der Waals surface area contributed by atoms with Crippen LogP contribution in [0, 0.1) is 5.92 Å². The van der Waals surface area contributed by atoms with E-state index in [1.165, 1.54) is 7.11 Å². The van der Waals surface area contributed by atoms with E-state index >= 15 is 0 Å². The van der Waals surface area contributed by atoms with Crippen molar-refractivity contribution in [2.45, 2.75) is 19.3 Å². The summed E-state index contributed by atoms with van der Waals surface area (Å²) in [6.45, 7) is 1.16. The van der Waals surface area contributed by atoms with Crippen molar-refractivity contribution in [3.8, 4) is 5.88 Å². The number of ether oxygens (including phenoxy) is 1. The second-order valence-corrected chi connectivity index (χ2v) is 4.89. The number of rotatable bonds is 4. The van der Waals surface area contributed by atoms with Gasteiger partial charge >= 0.3 is 5.97 Å². The van der Waals surface area contributed by atoms with Crippen LogP contribution >= 0.6 is 0 Å².